The molecule has 0 spiro atoms. The minimum Gasteiger partial charge on any atom is -0.399 e. The molecule has 0 saturated carbocycles. The molecule has 16 heavy (non-hydrogen) atoms. The molecule has 2 rings (SSSR count). The number of nitrogen functional groups attached to an aromatic ring is 1. The minimum atomic E-state index is -0.109. The highest BCUT2D eigenvalue weighted by Crippen LogP contribution is 2.25. The van der Waals surface area contributed by atoms with E-state index in [4.69, 9.17) is 5.73 Å². The fourth-order valence-corrected chi connectivity index (χ4v) is 1.77. The Morgan fingerprint density at radius 1 is 1.38 bits per heavy atom. The summed E-state index contributed by atoms with van der Waals surface area (Å²) in [7, 11) is 0. The van der Waals surface area contributed by atoms with Gasteiger partial charge in [-0.05, 0) is 37.6 Å². The number of nitrogens with two attached hydrogens (primary N) is 1. The van der Waals surface area contributed by atoms with Crippen LogP contribution in [0.25, 0.3) is 0 Å². The van der Waals surface area contributed by atoms with Crippen molar-refractivity contribution in [3.05, 3.63) is 24.3 Å². The molecule has 1 aliphatic rings. The van der Waals surface area contributed by atoms with Crippen LogP contribution in [0, 0.1) is 5.92 Å². The Bertz CT molecular complexity index is 436. The first kappa shape index (κ1) is 10.7. The van der Waals surface area contributed by atoms with Crippen molar-refractivity contribution in [2.45, 2.75) is 20.3 Å². The van der Waals surface area contributed by atoms with Gasteiger partial charge in [-0.1, -0.05) is 6.92 Å². The topological polar surface area (TPSA) is 58.7 Å². The average molecular weight is 217 g/mol. The Morgan fingerprint density at radius 2 is 2.00 bits per heavy atom. The van der Waals surface area contributed by atoms with Crippen molar-refractivity contribution >= 4 is 23.0 Å². The number of hydrazone groups is 1. The van der Waals surface area contributed by atoms with Crippen molar-refractivity contribution in [1.29, 1.82) is 0 Å². The Balaban J connectivity index is 2.32. The van der Waals surface area contributed by atoms with E-state index in [1.807, 2.05) is 26.0 Å². The third-order valence-corrected chi connectivity index (χ3v) is 2.81. The van der Waals surface area contributed by atoms with Crippen LogP contribution in [0.5, 0.6) is 0 Å². The number of nitrogens with zero attached hydrogens (tertiary/aromatic N) is 2. The van der Waals surface area contributed by atoms with Crippen LogP contribution in [-0.2, 0) is 4.79 Å². The summed E-state index contributed by atoms with van der Waals surface area (Å²) >= 11 is 0. The van der Waals surface area contributed by atoms with E-state index >= 15 is 0 Å². The number of hydrogen-bond acceptors (Lipinski definition) is 3. The molecule has 0 aliphatic carbocycles. The third kappa shape index (κ3) is 1.66. The second kappa shape index (κ2) is 3.96. The zero-order valence-corrected chi connectivity index (χ0v) is 9.47. The molecule has 1 unspecified atom stereocenters. The van der Waals surface area contributed by atoms with E-state index in [1.54, 1.807) is 12.1 Å². The van der Waals surface area contributed by atoms with Crippen LogP contribution in [0.1, 0.15) is 20.3 Å². The largest absolute Gasteiger partial charge is 0.399 e. The Morgan fingerprint density at radius 3 is 2.50 bits per heavy atom. The molecule has 84 valence electrons. The van der Waals surface area contributed by atoms with Crippen molar-refractivity contribution in [2.75, 3.05) is 10.7 Å². The van der Waals surface area contributed by atoms with Gasteiger partial charge in [-0.3, -0.25) is 4.79 Å². The summed E-state index contributed by atoms with van der Waals surface area (Å²) < 4.78 is 0. The maximum Gasteiger partial charge on any atom is 0.255 e. The van der Waals surface area contributed by atoms with Gasteiger partial charge in [0, 0.05) is 5.69 Å². The van der Waals surface area contributed by atoms with E-state index in [1.165, 1.54) is 5.01 Å². The summed E-state index contributed by atoms with van der Waals surface area (Å²) in [4.78, 5) is 11.9. The smallest absolute Gasteiger partial charge is 0.255 e. The van der Waals surface area contributed by atoms with E-state index in [0.29, 0.717) is 5.69 Å². The van der Waals surface area contributed by atoms with Crippen LogP contribution >= 0.6 is 0 Å². The van der Waals surface area contributed by atoms with Gasteiger partial charge in [-0.2, -0.15) is 5.10 Å². The molecule has 1 amide bonds. The molecule has 0 aromatic heterocycles. The van der Waals surface area contributed by atoms with Crippen molar-refractivity contribution in [3.8, 4) is 0 Å². The highest BCUT2D eigenvalue weighted by Gasteiger charge is 2.31. The van der Waals surface area contributed by atoms with Crippen LogP contribution in [0.4, 0.5) is 11.4 Å². The molecule has 0 saturated heterocycles. The highest BCUT2D eigenvalue weighted by atomic mass is 16.2. The maximum absolute atomic E-state index is 11.9. The SMILES string of the molecule is CCC1=NN(c2ccc(N)cc2)C(=O)C1C. The highest BCUT2D eigenvalue weighted by molar-refractivity contribution is 6.15. The second-order valence-corrected chi connectivity index (χ2v) is 3.91. The van der Waals surface area contributed by atoms with Crippen molar-refractivity contribution in [2.24, 2.45) is 11.0 Å². The van der Waals surface area contributed by atoms with Crippen LogP contribution < -0.4 is 10.7 Å². The standard InChI is InChI=1S/C12H15N3O/c1-3-11-8(2)12(16)15(14-11)10-6-4-9(13)5-7-10/h4-8H,3,13H2,1-2H3. The molecule has 0 radical (unpaired) electrons. The second-order valence-electron chi connectivity index (χ2n) is 3.91. The normalized spacial score (nSPS) is 20.1. The first-order chi connectivity index (χ1) is 7.63. The first-order valence-corrected chi connectivity index (χ1v) is 5.40. The monoisotopic (exact) mass is 217 g/mol. The quantitative estimate of drug-likeness (QED) is 0.770. The lowest BCUT2D eigenvalue weighted by Crippen LogP contribution is -2.25. The predicted molar refractivity (Wildman–Crippen MR) is 65.2 cm³/mol. The number of anilines is 2. The minimum absolute atomic E-state index is 0.0293. The summed E-state index contributed by atoms with van der Waals surface area (Å²) in [5.74, 6) is -0.0795. The van der Waals surface area contributed by atoms with Crippen molar-refractivity contribution < 1.29 is 4.79 Å². The molecule has 1 aliphatic heterocycles. The fraction of sp³-hybridized carbons (Fsp3) is 0.333. The molecule has 2 N–H and O–H groups in total. The van der Waals surface area contributed by atoms with E-state index in [2.05, 4.69) is 5.10 Å². The third-order valence-electron chi connectivity index (χ3n) is 2.81. The lowest BCUT2D eigenvalue weighted by molar-refractivity contribution is -0.119. The number of hydrogen-bond donors (Lipinski definition) is 1. The van der Waals surface area contributed by atoms with Gasteiger partial charge in [0.05, 0.1) is 17.3 Å². The summed E-state index contributed by atoms with van der Waals surface area (Å²) in [6, 6.07) is 7.16. The number of carbonyl (C=O) groups excluding carboxylic acids is 1. The molecule has 4 nitrogen and oxygen atoms in total. The molecule has 1 atom stereocenters. The molecule has 1 aromatic carbocycles. The summed E-state index contributed by atoms with van der Waals surface area (Å²) in [5.41, 5.74) is 7.99. The van der Waals surface area contributed by atoms with E-state index in [0.717, 1.165) is 17.8 Å². The number of rotatable bonds is 2. The molecule has 1 heterocycles. The summed E-state index contributed by atoms with van der Waals surface area (Å²) in [6.45, 7) is 3.90. The average Bonchev–Trinajstić information content (AvgIpc) is 2.57. The van der Waals surface area contributed by atoms with Crippen LogP contribution in [0.3, 0.4) is 0 Å². The summed E-state index contributed by atoms with van der Waals surface area (Å²) in [5, 5.41) is 5.79. The Labute approximate surface area is 94.7 Å². The van der Waals surface area contributed by atoms with Gasteiger partial charge >= 0.3 is 0 Å². The maximum atomic E-state index is 11.9. The predicted octanol–water partition coefficient (Wildman–Crippen LogP) is 2.02. The molecule has 1 aromatic rings. The van der Waals surface area contributed by atoms with E-state index in [-0.39, 0.29) is 11.8 Å². The molecular formula is C12H15N3O. The first-order valence-electron chi connectivity index (χ1n) is 5.40. The zero-order chi connectivity index (χ0) is 11.7. The Kier molecular flexibility index (Phi) is 2.64. The number of amides is 1. The molecular weight excluding hydrogens is 202 g/mol. The summed E-state index contributed by atoms with van der Waals surface area (Å²) in [6.07, 6.45) is 0.804. The van der Waals surface area contributed by atoms with Gasteiger partial charge in [-0.15, -0.1) is 0 Å². The van der Waals surface area contributed by atoms with E-state index < -0.39 is 0 Å². The zero-order valence-electron chi connectivity index (χ0n) is 9.47. The lowest BCUT2D eigenvalue weighted by atomic mass is 10.0. The van der Waals surface area contributed by atoms with Gasteiger partial charge in [0.2, 0.25) is 0 Å². The van der Waals surface area contributed by atoms with E-state index in [9.17, 15) is 4.79 Å². The lowest BCUT2D eigenvalue weighted by Gasteiger charge is -2.12. The number of benzene rings is 1. The van der Waals surface area contributed by atoms with Gasteiger partial charge in [0.15, 0.2) is 0 Å². The fourth-order valence-electron chi connectivity index (χ4n) is 1.77. The van der Waals surface area contributed by atoms with Gasteiger partial charge < -0.3 is 5.73 Å². The van der Waals surface area contributed by atoms with Crippen LogP contribution in [-0.4, -0.2) is 11.6 Å². The van der Waals surface area contributed by atoms with Crippen molar-refractivity contribution in [3.63, 3.8) is 0 Å². The molecule has 0 fully saturated rings. The molecule has 4 heteroatoms. The van der Waals surface area contributed by atoms with Crippen molar-refractivity contribution in [1.82, 2.24) is 0 Å². The van der Waals surface area contributed by atoms with Crippen LogP contribution in [0.2, 0.25) is 0 Å². The van der Waals surface area contributed by atoms with Gasteiger partial charge in [-0.25, -0.2) is 5.01 Å². The number of carbonyl (C=O) groups is 1. The van der Waals surface area contributed by atoms with Crippen LogP contribution in [0.15, 0.2) is 29.4 Å². The Hall–Kier alpha value is -1.84. The van der Waals surface area contributed by atoms with Gasteiger partial charge in [0.1, 0.15) is 0 Å². The van der Waals surface area contributed by atoms with Gasteiger partial charge in [0.25, 0.3) is 5.91 Å². The molecule has 0 bridgehead atoms.